The van der Waals surface area contributed by atoms with Crippen LogP contribution in [0.4, 0.5) is 0 Å². The molecule has 1 heterocycles. The van der Waals surface area contributed by atoms with Crippen LogP contribution in [0.3, 0.4) is 0 Å². The number of aromatic amines is 1. The van der Waals surface area contributed by atoms with Crippen LogP contribution in [-0.4, -0.2) is 17.4 Å². The van der Waals surface area contributed by atoms with Crippen molar-refractivity contribution in [3.8, 4) is 0 Å². The lowest BCUT2D eigenvalue weighted by atomic mass is 10.1. The first-order valence-electron chi connectivity index (χ1n) is 5.69. The Labute approximate surface area is 104 Å². The highest BCUT2D eigenvalue weighted by atomic mass is 16.1. The predicted molar refractivity (Wildman–Crippen MR) is 72.3 cm³/mol. The van der Waals surface area contributed by atoms with Crippen molar-refractivity contribution in [3.63, 3.8) is 0 Å². The van der Waals surface area contributed by atoms with E-state index in [9.17, 15) is 9.59 Å². The van der Waals surface area contributed by atoms with Crippen molar-refractivity contribution < 1.29 is 4.79 Å². The van der Waals surface area contributed by atoms with Crippen molar-refractivity contribution in [2.24, 2.45) is 0 Å². The average Bonchev–Trinajstić information content (AvgIpc) is 2.35. The Morgan fingerprint density at radius 2 is 2.22 bits per heavy atom. The highest BCUT2D eigenvalue weighted by molar-refractivity contribution is 5.80. The first-order chi connectivity index (χ1) is 8.66. The molecular weight excluding hydrogens is 228 g/mol. The van der Waals surface area contributed by atoms with E-state index in [1.54, 1.807) is 12.3 Å². The molecule has 1 amide bonds. The quantitative estimate of drug-likeness (QED) is 0.860. The second-order valence-electron chi connectivity index (χ2n) is 3.99. The molecule has 4 nitrogen and oxygen atoms in total. The Kier molecular flexibility index (Phi) is 3.57. The molecule has 0 aliphatic heterocycles. The van der Waals surface area contributed by atoms with Crippen LogP contribution in [0, 0.1) is 0 Å². The summed E-state index contributed by atoms with van der Waals surface area (Å²) < 4.78 is 0. The number of fused-ring (bicyclic) bond motifs is 1. The van der Waals surface area contributed by atoms with E-state index in [1.807, 2.05) is 24.3 Å². The first kappa shape index (κ1) is 12.1. The standard InChI is InChI=1S/C14H14N2O2/c1-10(17)15-7-2-3-11-4-5-12-13(9-11)16-8-6-14(12)18/h2-6,8-9H,7H2,1H3,(H,15,17)(H,16,18). The normalized spacial score (nSPS) is 10.9. The van der Waals surface area contributed by atoms with E-state index >= 15 is 0 Å². The monoisotopic (exact) mass is 242 g/mol. The van der Waals surface area contributed by atoms with E-state index in [1.165, 1.54) is 13.0 Å². The van der Waals surface area contributed by atoms with Gasteiger partial charge in [0.05, 0.1) is 0 Å². The molecule has 0 bridgehead atoms. The van der Waals surface area contributed by atoms with Gasteiger partial charge >= 0.3 is 0 Å². The third-order valence-electron chi connectivity index (χ3n) is 2.56. The van der Waals surface area contributed by atoms with Gasteiger partial charge in [-0.2, -0.15) is 0 Å². The van der Waals surface area contributed by atoms with E-state index in [4.69, 9.17) is 0 Å². The van der Waals surface area contributed by atoms with Crippen molar-refractivity contribution in [3.05, 3.63) is 52.3 Å². The lowest BCUT2D eigenvalue weighted by Crippen LogP contribution is -2.19. The molecule has 0 unspecified atom stereocenters. The van der Waals surface area contributed by atoms with Crippen LogP contribution in [0.25, 0.3) is 17.0 Å². The van der Waals surface area contributed by atoms with Gasteiger partial charge in [-0.1, -0.05) is 18.2 Å². The molecule has 0 radical (unpaired) electrons. The van der Waals surface area contributed by atoms with Crippen LogP contribution >= 0.6 is 0 Å². The summed E-state index contributed by atoms with van der Waals surface area (Å²) in [4.78, 5) is 25.3. The van der Waals surface area contributed by atoms with E-state index < -0.39 is 0 Å². The third-order valence-corrected chi connectivity index (χ3v) is 2.56. The van der Waals surface area contributed by atoms with Gasteiger partial charge in [-0.15, -0.1) is 0 Å². The zero-order valence-corrected chi connectivity index (χ0v) is 10.1. The summed E-state index contributed by atoms with van der Waals surface area (Å²) in [6.07, 6.45) is 5.40. The number of benzene rings is 1. The van der Waals surface area contributed by atoms with Crippen molar-refractivity contribution in [1.82, 2.24) is 10.3 Å². The zero-order chi connectivity index (χ0) is 13.0. The number of H-pyrrole nitrogens is 1. The average molecular weight is 242 g/mol. The van der Waals surface area contributed by atoms with Gasteiger partial charge in [-0.25, -0.2) is 0 Å². The summed E-state index contributed by atoms with van der Waals surface area (Å²) >= 11 is 0. The topological polar surface area (TPSA) is 62.0 Å². The number of amides is 1. The Balaban J connectivity index is 2.20. The van der Waals surface area contributed by atoms with Gasteiger partial charge in [0, 0.05) is 36.6 Å². The van der Waals surface area contributed by atoms with Crippen molar-refractivity contribution >= 4 is 22.9 Å². The molecule has 0 atom stereocenters. The number of carbonyl (C=O) groups is 1. The van der Waals surface area contributed by atoms with Gasteiger partial charge in [-0.3, -0.25) is 9.59 Å². The minimum Gasteiger partial charge on any atom is -0.361 e. The van der Waals surface area contributed by atoms with E-state index in [0.717, 1.165) is 11.1 Å². The van der Waals surface area contributed by atoms with Crippen LogP contribution in [0.1, 0.15) is 12.5 Å². The third kappa shape index (κ3) is 2.85. The summed E-state index contributed by atoms with van der Waals surface area (Å²) in [6, 6.07) is 7.09. The summed E-state index contributed by atoms with van der Waals surface area (Å²) in [5, 5.41) is 3.36. The van der Waals surface area contributed by atoms with Crippen molar-refractivity contribution in [1.29, 1.82) is 0 Å². The van der Waals surface area contributed by atoms with Gasteiger partial charge < -0.3 is 10.3 Å². The fraction of sp³-hybridized carbons (Fsp3) is 0.143. The van der Waals surface area contributed by atoms with Crippen LogP contribution in [0.15, 0.2) is 41.3 Å². The first-order valence-corrected chi connectivity index (χ1v) is 5.69. The van der Waals surface area contributed by atoms with Gasteiger partial charge in [0.2, 0.25) is 5.91 Å². The molecule has 4 heteroatoms. The molecule has 1 aromatic heterocycles. The molecule has 0 aliphatic rings. The molecule has 0 saturated heterocycles. The van der Waals surface area contributed by atoms with Gasteiger partial charge in [0.25, 0.3) is 0 Å². The predicted octanol–water partition coefficient (Wildman–Crippen LogP) is 1.68. The van der Waals surface area contributed by atoms with Gasteiger partial charge in [-0.05, 0) is 17.7 Å². The molecule has 1 aromatic carbocycles. The van der Waals surface area contributed by atoms with Crippen LogP contribution in [0.5, 0.6) is 0 Å². The summed E-state index contributed by atoms with van der Waals surface area (Å²) in [7, 11) is 0. The number of carbonyl (C=O) groups excluding carboxylic acids is 1. The summed E-state index contributed by atoms with van der Waals surface area (Å²) in [6.45, 7) is 1.98. The largest absolute Gasteiger partial charge is 0.361 e. The Bertz CT molecular complexity index is 656. The minimum absolute atomic E-state index is 0.0116. The maximum atomic E-state index is 11.5. The van der Waals surface area contributed by atoms with Crippen molar-refractivity contribution in [2.45, 2.75) is 6.92 Å². The van der Waals surface area contributed by atoms with E-state index in [0.29, 0.717) is 11.9 Å². The number of aromatic nitrogens is 1. The lowest BCUT2D eigenvalue weighted by molar-refractivity contribution is -0.118. The number of rotatable bonds is 3. The number of pyridine rings is 1. The number of hydrogen-bond donors (Lipinski definition) is 2. The molecule has 18 heavy (non-hydrogen) atoms. The molecular formula is C14H14N2O2. The molecule has 0 fully saturated rings. The fourth-order valence-electron chi connectivity index (χ4n) is 1.69. The molecule has 2 N–H and O–H groups in total. The molecule has 2 rings (SSSR count). The number of hydrogen-bond acceptors (Lipinski definition) is 2. The van der Waals surface area contributed by atoms with Crippen LogP contribution in [-0.2, 0) is 4.79 Å². The zero-order valence-electron chi connectivity index (χ0n) is 10.1. The van der Waals surface area contributed by atoms with Gasteiger partial charge in [0.15, 0.2) is 5.43 Å². The Morgan fingerprint density at radius 3 is 3.00 bits per heavy atom. The molecule has 0 spiro atoms. The van der Waals surface area contributed by atoms with E-state index in [2.05, 4.69) is 10.3 Å². The Hall–Kier alpha value is -2.36. The van der Waals surface area contributed by atoms with E-state index in [-0.39, 0.29) is 11.3 Å². The summed E-state index contributed by atoms with van der Waals surface area (Å²) in [5.74, 6) is -0.0532. The molecule has 92 valence electrons. The fourth-order valence-corrected chi connectivity index (χ4v) is 1.69. The highest BCUT2D eigenvalue weighted by Crippen LogP contribution is 2.11. The molecule has 0 saturated carbocycles. The van der Waals surface area contributed by atoms with Gasteiger partial charge in [0.1, 0.15) is 0 Å². The molecule has 0 aliphatic carbocycles. The minimum atomic E-state index is -0.0532. The highest BCUT2D eigenvalue weighted by Gasteiger charge is 1.97. The van der Waals surface area contributed by atoms with Crippen LogP contribution in [0.2, 0.25) is 0 Å². The molecule has 2 aromatic rings. The lowest BCUT2D eigenvalue weighted by Gasteiger charge is -1.99. The second-order valence-corrected chi connectivity index (χ2v) is 3.99. The van der Waals surface area contributed by atoms with Crippen molar-refractivity contribution in [2.75, 3.05) is 6.54 Å². The maximum absolute atomic E-state index is 11.5. The number of nitrogens with one attached hydrogen (secondary N) is 2. The second kappa shape index (κ2) is 5.31. The SMILES string of the molecule is CC(=O)NCC=Cc1ccc2c(=O)cc[nH]c2c1. The Morgan fingerprint density at radius 1 is 1.39 bits per heavy atom. The maximum Gasteiger partial charge on any atom is 0.217 e. The summed E-state index contributed by atoms with van der Waals surface area (Å²) in [5.41, 5.74) is 1.80. The van der Waals surface area contributed by atoms with Crippen LogP contribution < -0.4 is 10.7 Å². The smallest absolute Gasteiger partial charge is 0.217 e.